The number of carboxylic acids is 1. The first kappa shape index (κ1) is 14.1. The SMILES string of the molecule is O=C(O)CC1CCN(C(=O)Nc2cccc(I)c2)C1. The summed E-state index contributed by atoms with van der Waals surface area (Å²) in [6.45, 7) is 1.13. The van der Waals surface area contributed by atoms with Gasteiger partial charge >= 0.3 is 12.0 Å². The molecule has 2 amide bonds. The molecule has 1 aliphatic heterocycles. The first-order chi connectivity index (χ1) is 9.04. The summed E-state index contributed by atoms with van der Waals surface area (Å²) in [7, 11) is 0. The van der Waals surface area contributed by atoms with Crippen LogP contribution in [0.5, 0.6) is 0 Å². The Kier molecular flexibility index (Phi) is 4.62. The maximum atomic E-state index is 12.0. The van der Waals surface area contributed by atoms with Crippen LogP contribution in [0.1, 0.15) is 12.8 Å². The minimum absolute atomic E-state index is 0.0687. The molecular formula is C13H15IN2O3. The quantitative estimate of drug-likeness (QED) is 0.800. The summed E-state index contributed by atoms with van der Waals surface area (Å²) < 4.78 is 1.06. The molecule has 0 aliphatic carbocycles. The van der Waals surface area contributed by atoms with Gasteiger partial charge in [-0.15, -0.1) is 0 Å². The Morgan fingerprint density at radius 3 is 2.95 bits per heavy atom. The molecule has 1 aromatic carbocycles. The number of hydrogen-bond donors (Lipinski definition) is 2. The van der Waals surface area contributed by atoms with Crippen LogP contribution in [0.2, 0.25) is 0 Å². The molecule has 1 heterocycles. The lowest BCUT2D eigenvalue weighted by Gasteiger charge is -2.17. The molecule has 1 saturated heterocycles. The third-order valence-electron chi connectivity index (χ3n) is 3.11. The molecule has 19 heavy (non-hydrogen) atoms. The Hall–Kier alpha value is -1.31. The van der Waals surface area contributed by atoms with Crippen LogP contribution in [0.3, 0.4) is 0 Å². The van der Waals surface area contributed by atoms with Gasteiger partial charge < -0.3 is 15.3 Å². The van der Waals surface area contributed by atoms with Crippen LogP contribution in [0, 0.1) is 9.49 Å². The van der Waals surface area contributed by atoms with E-state index >= 15 is 0 Å². The molecule has 0 spiro atoms. The van der Waals surface area contributed by atoms with Crippen molar-refractivity contribution >= 4 is 40.3 Å². The van der Waals surface area contributed by atoms with Gasteiger partial charge in [0, 0.05) is 28.8 Å². The van der Waals surface area contributed by atoms with Gasteiger partial charge in [-0.1, -0.05) is 6.07 Å². The molecule has 0 radical (unpaired) electrons. The maximum Gasteiger partial charge on any atom is 0.321 e. The van der Waals surface area contributed by atoms with E-state index in [0.29, 0.717) is 13.1 Å². The first-order valence-electron chi connectivity index (χ1n) is 6.08. The Balaban J connectivity index is 1.89. The predicted octanol–water partition coefficient (Wildman–Crippen LogP) is 2.62. The fraction of sp³-hybridized carbons (Fsp3) is 0.385. The number of carbonyl (C=O) groups excluding carboxylic acids is 1. The monoisotopic (exact) mass is 374 g/mol. The number of amides is 2. The van der Waals surface area contributed by atoms with Crippen molar-refractivity contribution in [1.82, 2.24) is 4.90 Å². The number of anilines is 1. The summed E-state index contributed by atoms with van der Waals surface area (Å²) in [4.78, 5) is 24.3. The minimum Gasteiger partial charge on any atom is -0.481 e. The number of benzene rings is 1. The molecule has 5 nitrogen and oxygen atoms in total. The second kappa shape index (κ2) is 6.23. The summed E-state index contributed by atoms with van der Waals surface area (Å²) in [5.74, 6) is -0.732. The number of urea groups is 1. The van der Waals surface area contributed by atoms with Crippen LogP contribution in [-0.4, -0.2) is 35.1 Å². The molecule has 1 aromatic rings. The molecule has 0 bridgehead atoms. The highest BCUT2D eigenvalue weighted by molar-refractivity contribution is 14.1. The van der Waals surface area contributed by atoms with E-state index < -0.39 is 5.97 Å². The van der Waals surface area contributed by atoms with Gasteiger partial charge in [0.2, 0.25) is 0 Å². The number of nitrogens with zero attached hydrogens (tertiary/aromatic N) is 1. The number of carbonyl (C=O) groups is 2. The van der Waals surface area contributed by atoms with Gasteiger partial charge in [-0.3, -0.25) is 4.79 Å². The van der Waals surface area contributed by atoms with Gasteiger partial charge in [0.05, 0.1) is 0 Å². The van der Waals surface area contributed by atoms with Crippen LogP contribution < -0.4 is 5.32 Å². The van der Waals surface area contributed by atoms with Gasteiger partial charge in [-0.25, -0.2) is 4.79 Å². The molecule has 0 aromatic heterocycles. The summed E-state index contributed by atoms with van der Waals surface area (Å²) in [6, 6.07) is 7.41. The van der Waals surface area contributed by atoms with Crippen molar-refractivity contribution in [1.29, 1.82) is 0 Å². The lowest BCUT2D eigenvalue weighted by Crippen LogP contribution is -2.33. The highest BCUT2D eigenvalue weighted by Gasteiger charge is 2.27. The Labute approximate surface area is 125 Å². The second-order valence-electron chi connectivity index (χ2n) is 4.64. The van der Waals surface area contributed by atoms with E-state index in [0.717, 1.165) is 15.7 Å². The number of carboxylic acid groups (broad SMARTS) is 1. The number of rotatable bonds is 3. The Bertz CT molecular complexity index is 493. The van der Waals surface area contributed by atoms with Gasteiger partial charge in [-0.05, 0) is 53.1 Å². The van der Waals surface area contributed by atoms with Gasteiger partial charge in [0.1, 0.15) is 0 Å². The fourth-order valence-corrected chi connectivity index (χ4v) is 2.74. The standard InChI is InChI=1S/C13H15IN2O3/c14-10-2-1-3-11(7-10)15-13(19)16-5-4-9(8-16)6-12(17)18/h1-3,7,9H,4-6,8H2,(H,15,19)(H,17,18). The van der Waals surface area contributed by atoms with Gasteiger partial charge in [0.15, 0.2) is 0 Å². The molecule has 0 saturated carbocycles. The molecule has 1 atom stereocenters. The summed E-state index contributed by atoms with van der Waals surface area (Å²) >= 11 is 2.19. The van der Waals surface area contributed by atoms with E-state index in [1.807, 2.05) is 24.3 Å². The molecule has 2 rings (SSSR count). The van der Waals surface area contributed by atoms with Crippen molar-refractivity contribution < 1.29 is 14.7 Å². The van der Waals surface area contributed by atoms with Crippen molar-refractivity contribution in [3.05, 3.63) is 27.8 Å². The maximum absolute atomic E-state index is 12.0. The molecule has 6 heteroatoms. The Morgan fingerprint density at radius 1 is 1.47 bits per heavy atom. The largest absolute Gasteiger partial charge is 0.481 e. The third kappa shape index (κ3) is 4.09. The minimum atomic E-state index is -0.801. The van der Waals surface area contributed by atoms with Crippen molar-refractivity contribution in [2.24, 2.45) is 5.92 Å². The Morgan fingerprint density at radius 2 is 2.26 bits per heavy atom. The van der Waals surface area contributed by atoms with E-state index in [9.17, 15) is 9.59 Å². The molecule has 1 unspecified atom stereocenters. The third-order valence-corrected chi connectivity index (χ3v) is 3.78. The predicted molar refractivity (Wildman–Crippen MR) is 80.1 cm³/mol. The number of halogens is 1. The molecule has 1 fully saturated rings. The van der Waals surface area contributed by atoms with Crippen LogP contribution in [-0.2, 0) is 4.79 Å². The smallest absolute Gasteiger partial charge is 0.321 e. The van der Waals surface area contributed by atoms with Crippen molar-refractivity contribution in [3.8, 4) is 0 Å². The zero-order chi connectivity index (χ0) is 13.8. The van der Waals surface area contributed by atoms with E-state index in [2.05, 4.69) is 27.9 Å². The molecule has 2 N–H and O–H groups in total. The fourth-order valence-electron chi connectivity index (χ4n) is 2.20. The summed E-state index contributed by atoms with van der Waals surface area (Å²) in [5, 5.41) is 11.6. The van der Waals surface area contributed by atoms with Crippen molar-refractivity contribution in [3.63, 3.8) is 0 Å². The molecule has 1 aliphatic rings. The van der Waals surface area contributed by atoms with Crippen LogP contribution in [0.15, 0.2) is 24.3 Å². The molecule has 102 valence electrons. The first-order valence-corrected chi connectivity index (χ1v) is 7.16. The van der Waals surface area contributed by atoms with Crippen LogP contribution >= 0.6 is 22.6 Å². The van der Waals surface area contributed by atoms with E-state index in [-0.39, 0.29) is 18.4 Å². The van der Waals surface area contributed by atoms with Crippen LogP contribution in [0.25, 0.3) is 0 Å². The number of aliphatic carboxylic acids is 1. The van der Waals surface area contributed by atoms with Gasteiger partial charge in [0.25, 0.3) is 0 Å². The number of nitrogens with one attached hydrogen (secondary N) is 1. The highest BCUT2D eigenvalue weighted by Crippen LogP contribution is 2.21. The van der Waals surface area contributed by atoms with E-state index in [1.54, 1.807) is 4.90 Å². The van der Waals surface area contributed by atoms with Gasteiger partial charge in [-0.2, -0.15) is 0 Å². The zero-order valence-electron chi connectivity index (χ0n) is 10.3. The summed E-state index contributed by atoms with van der Waals surface area (Å²) in [6.07, 6.45) is 0.888. The lowest BCUT2D eigenvalue weighted by atomic mass is 10.1. The normalized spacial score (nSPS) is 18.4. The van der Waals surface area contributed by atoms with E-state index in [1.165, 1.54) is 0 Å². The molecular weight excluding hydrogens is 359 g/mol. The van der Waals surface area contributed by atoms with Crippen molar-refractivity contribution in [2.75, 3.05) is 18.4 Å². The lowest BCUT2D eigenvalue weighted by molar-refractivity contribution is -0.138. The topological polar surface area (TPSA) is 69.6 Å². The second-order valence-corrected chi connectivity index (χ2v) is 5.88. The average Bonchev–Trinajstić information content (AvgIpc) is 2.76. The zero-order valence-corrected chi connectivity index (χ0v) is 12.5. The number of hydrogen-bond acceptors (Lipinski definition) is 2. The van der Waals surface area contributed by atoms with Crippen molar-refractivity contribution in [2.45, 2.75) is 12.8 Å². The number of likely N-dealkylation sites (tertiary alicyclic amines) is 1. The highest BCUT2D eigenvalue weighted by atomic mass is 127. The summed E-state index contributed by atoms with van der Waals surface area (Å²) in [5.41, 5.74) is 0.763. The average molecular weight is 374 g/mol. The van der Waals surface area contributed by atoms with E-state index in [4.69, 9.17) is 5.11 Å². The van der Waals surface area contributed by atoms with Crippen LogP contribution in [0.4, 0.5) is 10.5 Å².